The largest absolute Gasteiger partial charge is 0.413 e. The molecule has 0 amide bonds. The van der Waals surface area contributed by atoms with Crippen LogP contribution in [-0.2, 0) is 4.43 Å². The van der Waals surface area contributed by atoms with E-state index in [4.69, 9.17) is 4.43 Å². The lowest BCUT2D eigenvalue weighted by Gasteiger charge is -2.37. The predicted molar refractivity (Wildman–Crippen MR) is 105 cm³/mol. The van der Waals surface area contributed by atoms with Crippen LogP contribution in [0.25, 0.3) is 5.57 Å². The molecule has 1 aliphatic rings. The lowest BCUT2D eigenvalue weighted by molar-refractivity contribution is 0.0181. The molecule has 1 aromatic rings. The summed E-state index contributed by atoms with van der Waals surface area (Å²) in [5.74, 6) is 0.297. The SMILES string of the molecule is CC[Si](CC)(CC)O[C@H]1CC=C(c2ccccc2)[C@@H](C)[C@@H](O)[C@@H]1C. The molecule has 1 aliphatic carbocycles. The third-order valence-electron chi connectivity index (χ3n) is 6.14. The van der Waals surface area contributed by atoms with Crippen LogP contribution in [0.15, 0.2) is 36.4 Å². The van der Waals surface area contributed by atoms with E-state index in [0.717, 1.165) is 24.6 Å². The minimum absolute atomic E-state index is 0.134. The maximum atomic E-state index is 10.9. The van der Waals surface area contributed by atoms with Gasteiger partial charge in [0.1, 0.15) is 0 Å². The molecular formula is C21H34O2Si. The fraction of sp³-hybridized carbons (Fsp3) is 0.619. The second-order valence-electron chi connectivity index (χ2n) is 7.30. The first-order valence-corrected chi connectivity index (χ1v) is 12.1. The van der Waals surface area contributed by atoms with Crippen molar-refractivity contribution in [2.24, 2.45) is 11.8 Å². The Morgan fingerprint density at radius 2 is 1.62 bits per heavy atom. The van der Waals surface area contributed by atoms with Gasteiger partial charge < -0.3 is 9.53 Å². The highest BCUT2D eigenvalue weighted by molar-refractivity contribution is 6.73. The third-order valence-corrected chi connectivity index (χ3v) is 10.8. The van der Waals surface area contributed by atoms with Gasteiger partial charge in [-0.05, 0) is 35.7 Å². The maximum absolute atomic E-state index is 10.9. The number of hydrogen-bond acceptors (Lipinski definition) is 2. The molecule has 0 saturated heterocycles. The normalized spacial score (nSPS) is 28.3. The molecule has 0 bridgehead atoms. The average Bonchev–Trinajstić information content (AvgIpc) is 2.73. The summed E-state index contributed by atoms with van der Waals surface area (Å²) >= 11 is 0. The molecule has 3 heteroatoms. The number of hydrogen-bond donors (Lipinski definition) is 1. The highest BCUT2D eigenvalue weighted by Gasteiger charge is 2.38. The monoisotopic (exact) mass is 346 g/mol. The molecule has 1 aromatic carbocycles. The van der Waals surface area contributed by atoms with Crippen LogP contribution >= 0.6 is 0 Å². The molecule has 1 N–H and O–H groups in total. The second kappa shape index (κ2) is 8.46. The summed E-state index contributed by atoms with van der Waals surface area (Å²) in [5, 5.41) is 10.9. The smallest absolute Gasteiger partial charge is 0.192 e. The van der Waals surface area contributed by atoms with Gasteiger partial charge >= 0.3 is 0 Å². The average molecular weight is 347 g/mol. The highest BCUT2D eigenvalue weighted by atomic mass is 28.4. The summed E-state index contributed by atoms with van der Waals surface area (Å²) in [5.41, 5.74) is 2.49. The van der Waals surface area contributed by atoms with Crippen molar-refractivity contribution < 1.29 is 9.53 Å². The summed E-state index contributed by atoms with van der Waals surface area (Å²) in [6.45, 7) is 11.1. The van der Waals surface area contributed by atoms with Crippen molar-refractivity contribution in [2.75, 3.05) is 0 Å². The van der Waals surface area contributed by atoms with Crippen LogP contribution in [0.5, 0.6) is 0 Å². The summed E-state index contributed by atoms with van der Waals surface area (Å²) in [6.07, 6.45) is 3.00. The van der Waals surface area contributed by atoms with Crippen LogP contribution < -0.4 is 0 Å². The molecule has 2 nitrogen and oxygen atoms in total. The Hall–Kier alpha value is -0.903. The van der Waals surface area contributed by atoms with Crippen molar-refractivity contribution in [3.05, 3.63) is 42.0 Å². The van der Waals surface area contributed by atoms with Crippen molar-refractivity contribution in [3.8, 4) is 0 Å². The molecule has 2 rings (SSSR count). The van der Waals surface area contributed by atoms with Crippen LogP contribution in [0, 0.1) is 11.8 Å². The minimum Gasteiger partial charge on any atom is -0.413 e. The van der Waals surface area contributed by atoms with E-state index in [2.05, 4.69) is 65.0 Å². The van der Waals surface area contributed by atoms with Crippen molar-refractivity contribution in [2.45, 2.75) is 71.4 Å². The molecule has 0 radical (unpaired) electrons. The van der Waals surface area contributed by atoms with Gasteiger partial charge in [0.05, 0.1) is 12.2 Å². The molecule has 0 saturated carbocycles. The molecule has 0 heterocycles. The van der Waals surface area contributed by atoms with E-state index in [1.54, 1.807) is 0 Å². The van der Waals surface area contributed by atoms with E-state index in [-0.39, 0.29) is 24.0 Å². The van der Waals surface area contributed by atoms with E-state index >= 15 is 0 Å². The summed E-state index contributed by atoms with van der Waals surface area (Å²) in [7, 11) is -1.66. The number of rotatable bonds is 6. The van der Waals surface area contributed by atoms with Crippen LogP contribution in [0.1, 0.15) is 46.6 Å². The van der Waals surface area contributed by atoms with Crippen LogP contribution in [0.4, 0.5) is 0 Å². The summed E-state index contributed by atoms with van der Waals surface area (Å²) < 4.78 is 6.76. The molecule has 134 valence electrons. The van der Waals surface area contributed by atoms with Crippen LogP contribution in [-0.4, -0.2) is 25.6 Å². The molecule has 0 fully saturated rings. The molecule has 0 spiro atoms. The van der Waals surface area contributed by atoms with Crippen LogP contribution in [0.3, 0.4) is 0 Å². The van der Waals surface area contributed by atoms with Gasteiger partial charge in [-0.3, -0.25) is 0 Å². The van der Waals surface area contributed by atoms with E-state index in [1.807, 2.05) is 6.07 Å². The Morgan fingerprint density at radius 1 is 1.04 bits per heavy atom. The minimum atomic E-state index is -1.66. The van der Waals surface area contributed by atoms with Crippen LogP contribution in [0.2, 0.25) is 18.1 Å². The maximum Gasteiger partial charge on any atom is 0.192 e. The predicted octanol–water partition coefficient (Wildman–Crippen LogP) is 5.50. The Balaban J connectivity index is 2.28. The van der Waals surface area contributed by atoms with E-state index < -0.39 is 8.32 Å². The zero-order valence-corrected chi connectivity index (χ0v) is 17.0. The number of benzene rings is 1. The molecular weight excluding hydrogens is 312 g/mol. The fourth-order valence-electron chi connectivity index (χ4n) is 3.99. The fourth-order valence-corrected chi connectivity index (χ4v) is 6.94. The quantitative estimate of drug-likeness (QED) is 0.689. The van der Waals surface area contributed by atoms with Gasteiger partial charge in [0.15, 0.2) is 8.32 Å². The second-order valence-corrected chi connectivity index (χ2v) is 12.0. The third kappa shape index (κ3) is 4.01. The summed E-state index contributed by atoms with van der Waals surface area (Å²) in [6, 6.07) is 13.9. The highest BCUT2D eigenvalue weighted by Crippen LogP contribution is 2.37. The van der Waals surface area contributed by atoms with Gasteiger partial charge in [-0.25, -0.2) is 0 Å². The zero-order chi connectivity index (χ0) is 17.7. The molecule has 4 atom stereocenters. The van der Waals surface area contributed by atoms with Crippen molar-refractivity contribution in [1.29, 1.82) is 0 Å². The Morgan fingerprint density at radius 3 is 2.17 bits per heavy atom. The van der Waals surface area contributed by atoms with Crippen molar-refractivity contribution in [1.82, 2.24) is 0 Å². The van der Waals surface area contributed by atoms with E-state index in [1.165, 1.54) is 11.1 Å². The first-order chi connectivity index (χ1) is 11.5. The lowest BCUT2D eigenvalue weighted by Crippen LogP contribution is -2.44. The number of aliphatic hydroxyl groups is 1. The van der Waals surface area contributed by atoms with Gasteiger partial charge in [0, 0.05) is 11.8 Å². The van der Waals surface area contributed by atoms with E-state index in [0.29, 0.717) is 0 Å². The molecule has 0 aliphatic heterocycles. The Kier molecular flexibility index (Phi) is 6.85. The molecule has 0 unspecified atom stereocenters. The van der Waals surface area contributed by atoms with Gasteiger partial charge in [0.25, 0.3) is 0 Å². The van der Waals surface area contributed by atoms with Gasteiger partial charge in [0.2, 0.25) is 0 Å². The van der Waals surface area contributed by atoms with Crippen molar-refractivity contribution >= 4 is 13.9 Å². The zero-order valence-electron chi connectivity index (χ0n) is 16.0. The Labute approximate surface area is 149 Å². The first kappa shape index (κ1) is 19.4. The lowest BCUT2D eigenvalue weighted by atomic mass is 9.85. The van der Waals surface area contributed by atoms with Gasteiger partial charge in [-0.15, -0.1) is 0 Å². The van der Waals surface area contributed by atoms with E-state index in [9.17, 15) is 5.11 Å². The van der Waals surface area contributed by atoms with Crippen molar-refractivity contribution in [3.63, 3.8) is 0 Å². The first-order valence-electron chi connectivity index (χ1n) is 9.59. The number of aliphatic hydroxyl groups excluding tert-OH is 1. The topological polar surface area (TPSA) is 29.5 Å². The van der Waals surface area contributed by atoms with Gasteiger partial charge in [-0.1, -0.05) is 71.0 Å². The van der Waals surface area contributed by atoms with Gasteiger partial charge in [-0.2, -0.15) is 0 Å². The summed E-state index contributed by atoms with van der Waals surface area (Å²) in [4.78, 5) is 0. The molecule has 0 aromatic heterocycles. The standard InChI is InChI=1S/C21H34O2Si/c1-6-24(7-2,8-3)23-20-15-14-19(16(4)21(22)17(20)5)18-12-10-9-11-13-18/h9-14,16-17,20-22H,6-8,15H2,1-5H3/t16-,17-,20+,21-/m1/s1. The molecule has 24 heavy (non-hydrogen) atoms. The Bertz CT molecular complexity index is 528.